The fraction of sp³-hybridized carbons (Fsp3) is 0.278. The van der Waals surface area contributed by atoms with Gasteiger partial charge in [-0.15, -0.1) is 0 Å². The lowest BCUT2D eigenvalue weighted by Gasteiger charge is -2.24. The van der Waals surface area contributed by atoms with Gasteiger partial charge in [0, 0.05) is 5.69 Å². The third kappa shape index (κ3) is 4.47. The van der Waals surface area contributed by atoms with Crippen LogP contribution in [0.2, 0.25) is 0 Å². The molecule has 0 radical (unpaired) electrons. The van der Waals surface area contributed by atoms with Gasteiger partial charge in [0.25, 0.3) is 0 Å². The third-order valence-corrected chi connectivity index (χ3v) is 3.41. The van der Waals surface area contributed by atoms with E-state index in [9.17, 15) is 9.90 Å². The van der Waals surface area contributed by atoms with E-state index in [2.05, 4.69) is 5.32 Å². The number of carbonyl (C=O) groups is 1. The zero-order valence-electron chi connectivity index (χ0n) is 13.2. The van der Waals surface area contributed by atoms with E-state index in [1.807, 2.05) is 42.5 Å². The van der Waals surface area contributed by atoms with Gasteiger partial charge in [0.05, 0.1) is 19.8 Å². The molecule has 0 amide bonds. The number of nitrogens with one attached hydrogen (secondary N) is 1. The molecule has 0 saturated carbocycles. The first-order valence-electron chi connectivity index (χ1n) is 7.46. The fourth-order valence-corrected chi connectivity index (χ4v) is 2.24. The number of ether oxygens (including phenoxy) is 2. The van der Waals surface area contributed by atoms with Crippen LogP contribution >= 0.6 is 0 Å². The Hall–Kier alpha value is -2.53. The molecule has 0 heterocycles. The second kappa shape index (κ2) is 8.19. The molecule has 23 heavy (non-hydrogen) atoms. The van der Waals surface area contributed by atoms with E-state index >= 15 is 0 Å². The minimum absolute atomic E-state index is 0.222. The van der Waals surface area contributed by atoms with Crippen molar-refractivity contribution < 1.29 is 19.4 Å². The molecule has 2 aromatic rings. The first kappa shape index (κ1) is 16.8. The van der Waals surface area contributed by atoms with Crippen molar-refractivity contribution in [3.8, 4) is 5.75 Å². The Bertz CT molecular complexity index is 613. The third-order valence-electron chi connectivity index (χ3n) is 3.41. The maximum absolute atomic E-state index is 11.9. The molecule has 0 fully saturated rings. The summed E-state index contributed by atoms with van der Waals surface area (Å²) in [4.78, 5) is 11.9. The van der Waals surface area contributed by atoms with Gasteiger partial charge < -0.3 is 19.9 Å². The van der Waals surface area contributed by atoms with Gasteiger partial charge in [-0.05, 0) is 36.8 Å². The number of anilines is 1. The van der Waals surface area contributed by atoms with Gasteiger partial charge in [-0.25, -0.2) is 4.79 Å². The SMILES string of the molecule is CCOC(=O)[C@H](O)[C@@H](Nc1ccc(OC)cc1)c1ccccc1. The van der Waals surface area contributed by atoms with Crippen molar-refractivity contribution >= 4 is 11.7 Å². The van der Waals surface area contributed by atoms with Crippen LogP contribution in [0.1, 0.15) is 18.5 Å². The van der Waals surface area contributed by atoms with Crippen molar-refractivity contribution in [3.63, 3.8) is 0 Å². The van der Waals surface area contributed by atoms with E-state index in [1.54, 1.807) is 26.2 Å². The van der Waals surface area contributed by atoms with Crippen LogP contribution in [0.25, 0.3) is 0 Å². The molecule has 0 spiro atoms. The standard InChI is InChI=1S/C18H21NO4/c1-3-23-18(21)17(20)16(13-7-5-4-6-8-13)19-14-9-11-15(22-2)12-10-14/h4-12,16-17,19-20H,3H2,1-2H3/t16-,17+/m0/s1. The number of carbonyl (C=O) groups excluding carboxylic acids is 1. The Morgan fingerprint density at radius 1 is 1.13 bits per heavy atom. The summed E-state index contributed by atoms with van der Waals surface area (Å²) in [7, 11) is 1.60. The predicted octanol–water partition coefficient (Wildman–Crippen LogP) is 2.77. The summed E-state index contributed by atoms with van der Waals surface area (Å²) in [6, 6.07) is 16.0. The number of aliphatic hydroxyl groups excluding tert-OH is 1. The molecular formula is C18H21NO4. The zero-order chi connectivity index (χ0) is 16.7. The Morgan fingerprint density at radius 3 is 2.35 bits per heavy atom. The molecular weight excluding hydrogens is 294 g/mol. The molecule has 0 unspecified atom stereocenters. The molecule has 2 rings (SSSR count). The second-order valence-electron chi connectivity index (χ2n) is 4.96. The Morgan fingerprint density at radius 2 is 1.78 bits per heavy atom. The monoisotopic (exact) mass is 315 g/mol. The highest BCUT2D eigenvalue weighted by molar-refractivity contribution is 5.76. The predicted molar refractivity (Wildman–Crippen MR) is 88.4 cm³/mol. The van der Waals surface area contributed by atoms with E-state index in [0.717, 1.165) is 17.0 Å². The van der Waals surface area contributed by atoms with Gasteiger partial charge in [0.1, 0.15) is 5.75 Å². The molecule has 122 valence electrons. The molecule has 2 atom stereocenters. The number of hydrogen-bond acceptors (Lipinski definition) is 5. The van der Waals surface area contributed by atoms with Crippen LogP contribution in [0.4, 0.5) is 5.69 Å². The van der Waals surface area contributed by atoms with Crippen molar-refractivity contribution in [1.29, 1.82) is 0 Å². The topological polar surface area (TPSA) is 67.8 Å². The number of hydrogen-bond donors (Lipinski definition) is 2. The van der Waals surface area contributed by atoms with E-state index < -0.39 is 18.1 Å². The van der Waals surface area contributed by atoms with Crippen molar-refractivity contribution in [2.45, 2.75) is 19.1 Å². The van der Waals surface area contributed by atoms with Crippen LogP contribution in [0.3, 0.4) is 0 Å². The van der Waals surface area contributed by atoms with E-state index in [4.69, 9.17) is 9.47 Å². The largest absolute Gasteiger partial charge is 0.497 e. The molecule has 5 nitrogen and oxygen atoms in total. The van der Waals surface area contributed by atoms with E-state index in [0.29, 0.717) is 0 Å². The smallest absolute Gasteiger partial charge is 0.337 e. The molecule has 2 N–H and O–H groups in total. The highest BCUT2D eigenvalue weighted by atomic mass is 16.5. The quantitative estimate of drug-likeness (QED) is 0.769. The highest BCUT2D eigenvalue weighted by Crippen LogP contribution is 2.25. The average Bonchev–Trinajstić information content (AvgIpc) is 2.60. The lowest BCUT2D eigenvalue weighted by molar-refractivity contribution is -0.153. The first-order valence-corrected chi connectivity index (χ1v) is 7.46. The highest BCUT2D eigenvalue weighted by Gasteiger charge is 2.28. The molecule has 0 saturated heterocycles. The average molecular weight is 315 g/mol. The number of rotatable bonds is 7. The number of methoxy groups -OCH3 is 1. The molecule has 0 bridgehead atoms. The lowest BCUT2D eigenvalue weighted by atomic mass is 10.0. The molecule has 5 heteroatoms. The van der Waals surface area contributed by atoms with Crippen LogP contribution < -0.4 is 10.1 Å². The summed E-state index contributed by atoms with van der Waals surface area (Å²) < 4.78 is 10.1. The summed E-state index contributed by atoms with van der Waals surface area (Å²) in [6.45, 7) is 1.93. The number of benzene rings is 2. The van der Waals surface area contributed by atoms with Crippen LogP contribution in [0.5, 0.6) is 5.75 Å². The van der Waals surface area contributed by atoms with Crippen LogP contribution in [-0.2, 0) is 9.53 Å². The Balaban J connectivity index is 2.24. The van der Waals surface area contributed by atoms with Gasteiger partial charge in [-0.1, -0.05) is 30.3 Å². The molecule has 0 aliphatic carbocycles. The van der Waals surface area contributed by atoms with Crippen molar-refractivity contribution in [2.75, 3.05) is 19.0 Å². The minimum atomic E-state index is -1.31. The van der Waals surface area contributed by atoms with Gasteiger partial charge in [0.15, 0.2) is 6.10 Å². The Kier molecular flexibility index (Phi) is 6.00. The molecule has 0 aliphatic heterocycles. The van der Waals surface area contributed by atoms with Crippen LogP contribution in [0.15, 0.2) is 54.6 Å². The maximum Gasteiger partial charge on any atom is 0.337 e. The molecule has 0 aliphatic rings. The maximum atomic E-state index is 11.9. The molecule has 0 aromatic heterocycles. The van der Waals surface area contributed by atoms with Crippen LogP contribution in [-0.4, -0.2) is 30.9 Å². The summed E-state index contributed by atoms with van der Waals surface area (Å²) in [6.07, 6.45) is -1.31. The normalized spacial score (nSPS) is 13.0. The van der Waals surface area contributed by atoms with E-state index in [1.165, 1.54) is 0 Å². The fourth-order valence-electron chi connectivity index (χ4n) is 2.24. The number of aliphatic hydroxyl groups is 1. The molecule has 2 aromatic carbocycles. The van der Waals surface area contributed by atoms with Crippen molar-refractivity contribution in [3.05, 3.63) is 60.2 Å². The first-order chi connectivity index (χ1) is 11.2. The van der Waals surface area contributed by atoms with Crippen LogP contribution in [0, 0.1) is 0 Å². The van der Waals surface area contributed by atoms with Gasteiger partial charge in [-0.3, -0.25) is 0 Å². The lowest BCUT2D eigenvalue weighted by Crippen LogP contribution is -2.34. The van der Waals surface area contributed by atoms with Crippen molar-refractivity contribution in [1.82, 2.24) is 0 Å². The van der Waals surface area contributed by atoms with Crippen molar-refractivity contribution in [2.24, 2.45) is 0 Å². The second-order valence-corrected chi connectivity index (χ2v) is 4.96. The van der Waals surface area contributed by atoms with Gasteiger partial charge in [0.2, 0.25) is 0 Å². The minimum Gasteiger partial charge on any atom is -0.497 e. The van der Waals surface area contributed by atoms with E-state index in [-0.39, 0.29) is 6.61 Å². The van der Waals surface area contributed by atoms with Gasteiger partial charge >= 0.3 is 5.97 Å². The van der Waals surface area contributed by atoms with Gasteiger partial charge in [-0.2, -0.15) is 0 Å². The summed E-state index contributed by atoms with van der Waals surface area (Å²) in [5.41, 5.74) is 1.56. The number of esters is 1. The Labute approximate surface area is 135 Å². The summed E-state index contributed by atoms with van der Waals surface area (Å²) in [5, 5.41) is 13.5. The summed E-state index contributed by atoms with van der Waals surface area (Å²) in [5.74, 6) is 0.0834. The summed E-state index contributed by atoms with van der Waals surface area (Å²) >= 11 is 0. The zero-order valence-corrected chi connectivity index (χ0v) is 13.2.